The maximum absolute atomic E-state index is 13.6. The zero-order valence-electron chi connectivity index (χ0n) is 13.7. The zero-order valence-corrected chi connectivity index (χ0v) is 13.7. The van der Waals surface area contributed by atoms with Gasteiger partial charge in [0, 0.05) is 29.1 Å². The maximum atomic E-state index is 13.6. The number of aromatic amines is 1. The van der Waals surface area contributed by atoms with Crippen LogP contribution in [0.1, 0.15) is 18.4 Å². The average Bonchev–Trinajstić information content (AvgIpc) is 3.31. The van der Waals surface area contributed by atoms with Gasteiger partial charge in [-0.2, -0.15) is 0 Å². The summed E-state index contributed by atoms with van der Waals surface area (Å²) in [6.45, 7) is 0.524. The number of para-hydroxylation sites is 1. The fourth-order valence-electron chi connectivity index (χ4n) is 3.21. The van der Waals surface area contributed by atoms with Crippen molar-refractivity contribution in [1.82, 2.24) is 10.3 Å². The van der Waals surface area contributed by atoms with Gasteiger partial charge in [-0.1, -0.05) is 18.2 Å². The monoisotopic (exact) mass is 338 g/mol. The molecule has 5 heteroatoms. The van der Waals surface area contributed by atoms with Crippen LogP contribution in [0.15, 0.2) is 54.7 Å². The molecule has 0 bridgehead atoms. The number of amides is 1. The molecule has 0 unspecified atom stereocenters. The molecule has 1 fully saturated rings. The molecule has 0 radical (unpaired) electrons. The Hall–Kier alpha value is -2.82. The highest BCUT2D eigenvalue weighted by Crippen LogP contribution is 2.50. The summed E-state index contributed by atoms with van der Waals surface area (Å²) in [6.07, 6.45) is 3.90. The maximum Gasteiger partial charge on any atom is 0.257 e. The molecular formula is C20H19FN2O2. The van der Waals surface area contributed by atoms with Gasteiger partial charge in [-0.25, -0.2) is 4.39 Å². The number of aromatic nitrogens is 1. The normalized spacial score (nSPS) is 15.1. The number of nitrogens with one attached hydrogen (secondary N) is 2. The predicted octanol–water partition coefficient (Wildman–Crippen LogP) is 3.53. The third-order valence-corrected chi connectivity index (χ3v) is 4.81. The smallest absolute Gasteiger partial charge is 0.257 e. The summed E-state index contributed by atoms with van der Waals surface area (Å²) in [4.78, 5) is 15.3. The van der Waals surface area contributed by atoms with Crippen molar-refractivity contribution in [1.29, 1.82) is 0 Å². The van der Waals surface area contributed by atoms with Crippen molar-refractivity contribution in [3.63, 3.8) is 0 Å². The molecule has 1 saturated carbocycles. The first-order chi connectivity index (χ1) is 12.2. The number of rotatable bonds is 6. The molecule has 3 aromatic rings. The molecule has 0 atom stereocenters. The lowest BCUT2D eigenvalue weighted by atomic mass is 9.95. The van der Waals surface area contributed by atoms with Gasteiger partial charge in [0.15, 0.2) is 6.61 Å². The lowest BCUT2D eigenvalue weighted by Gasteiger charge is -2.16. The van der Waals surface area contributed by atoms with Gasteiger partial charge in [0.1, 0.15) is 11.6 Å². The Morgan fingerprint density at radius 2 is 2.00 bits per heavy atom. The predicted molar refractivity (Wildman–Crippen MR) is 94.1 cm³/mol. The average molecular weight is 338 g/mol. The van der Waals surface area contributed by atoms with Crippen LogP contribution in [0.4, 0.5) is 4.39 Å². The summed E-state index contributed by atoms with van der Waals surface area (Å²) in [7, 11) is 0. The second kappa shape index (κ2) is 6.24. The van der Waals surface area contributed by atoms with Crippen molar-refractivity contribution < 1.29 is 13.9 Å². The van der Waals surface area contributed by atoms with E-state index in [1.807, 2.05) is 36.5 Å². The minimum absolute atomic E-state index is 0.0113. The Morgan fingerprint density at radius 1 is 1.20 bits per heavy atom. The topological polar surface area (TPSA) is 54.1 Å². The fraction of sp³-hybridized carbons (Fsp3) is 0.250. The van der Waals surface area contributed by atoms with Crippen LogP contribution in [0.25, 0.3) is 10.9 Å². The highest BCUT2D eigenvalue weighted by molar-refractivity contribution is 5.85. The minimum atomic E-state index is -0.246. The lowest BCUT2D eigenvalue weighted by molar-refractivity contribution is -0.123. The SMILES string of the molecule is O=C(COc1ccccc1)NCC1(c2c[nH]c3ccc(F)cc23)CC1. The molecule has 1 amide bonds. The van der Waals surface area contributed by atoms with Gasteiger partial charge < -0.3 is 15.0 Å². The number of benzene rings is 2. The second-order valence-corrected chi connectivity index (χ2v) is 6.55. The number of ether oxygens (including phenoxy) is 1. The number of H-pyrrole nitrogens is 1. The number of hydrogen-bond donors (Lipinski definition) is 2. The number of halogens is 1. The molecule has 2 N–H and O–H groups in total. The largest absolute Gasteiger partial charge is 0.484 e. The molecule has 2 aromatic carbocycles. The lowest BCUT2D eigenvalue weighted by Crippen LogP contribution is -2.35. The first kappa shape index (κ1) is 15.7. The number of carbonyl (C=O) groups is 1. The Morgan fingerprint density at radius 3 is 2.76 bits per heavy atom. The van der Waals surface area contributed by atoms with E-state index in [1.165, 1.54) is 6.07 Å². The summed E-state index contributed by atoms with van der Waals surface area (Å²) in [5, 5.41) is 3.85. The standard InChI is InChI=1S/C20H19FN2O2/c21-14-6-7-18-16(10-14)17(11-22-18)20(8-9-20)13-23-19(24)12-25-15-4-2-1-3-5-15/h1-7,10-11,22H,8-9,12-13H2,(H,23,24). The molecule has 0 spiro atoms. The first-order valence-corrected chi connectivity index (χ1v) is 8.38. The van der Waals surface area contributed by atoms with Crippen molar-refractivity contribution >= 4 is 16.8 Å². The molecule has 0 aliphatic heterocycles. The van der Waals surface area contributed by atoms with Crippen molar-refractivity contribution in [2.45, 2.75) is 18.3 Å². The summed E-state index contributed by atoms with van der Waals surface area (Å²) in [5.41, 5.74) is 1.89. The Kier molecular flexibility index (Phi) is 3.92. The Labute approximate surface area is 145 Å². The van der Waals surface area contributed by atoms with E-state index in [1.54, 1.807) is 12.1 Å². The third-order valence-electron chi connectivity index (χ3n) is 4.81. The van der Waals surface area contributed by atoms with Gasteiger partial charge >= 0.3 is 0 Å². The van der Waals surface area contributed by atoms with Crippen molar-refractivity contribution in [3.05, 3.63) is 66.1 Å². The van der Waals surface area contributed by atoms with Gasteiger partial charge in [-0.15, -0.1) is 0 Å². The van der Waals surface area contributed by atoms with E-state index >= 15 is 0 Å². The van der Waals surface area contributed by atoms with Crippen LogP contribution in [0.5, 0.6) is 5.75 Å². The van der Waals surface area contributed by atoms with E-state index in [0.29, 0.717) is 12.3 Å². The van der Waals surface area contributed by atoms with Gasteiger partial charge in [-0.3, -0.25) is 4.79 Å². The van der Waals surface area contributed by atoms with E-state index in [4.69, 9.17) is 4.74 Å². The quantitative estimate of drug-likeness (QED) is 0.722. The van der Waals surface area contributed by atoms with E-state index in [0.717, 1.165) is 29.3 Å². The number of fused-ring (bicyclic) bond motifs is 1. The second-order valence-electron chi connectivity index (χ2n) is 6.55. The number of carbonyl (C=O) groups excluding carboxylic acids is 1. The molecule has 1 aliphatic carbocycles. The summed E-state index contributed by atoms with van der Waals surface area (Å²) < 4.78 is 19.0. The zero-order chi connectivity index (χ0) is 17.3. The molecular weight excluding hydrogens is 319 g/mol. The third kappa shape index (κ3) is 3.22. The molecule has 1 aliphatic rings. The van der Waals surface area contributed by atoms with Crippen LogP contribution in [0, 0.1) is 5.82 Å². The molecule has 1 aromatic heterocycles. The van der Waals surface area contributed by atoms with E-state index in [-0.39, 0.29) is 23.7 Å². The van der Waals surface area contributed by atoms with Gasteiger partial charge in [0.2, 0.25) is 0 Å². The summed E-state index contributed by atoms with van der Waals surface area (Å²) in [5.74, 6) is 0.275. The molecule has 25 heavy (non-hydrogen) atoms. The molecule has 4 rings (SSSR count). The van der Waals surface area contributed by atoms with Crippen LogP contribution < -0.4 is 10.1 Å². The van der Waals surface area contributed by atoms with Gasteiger partial charge in [0.25, 0.3) is 5.91 Å². The van der Waals surface area contributed by atoms with Crippen molar-refractivity contribution in [2.24, 2.45) is 0 Å². The molecule has 128 valence electrons. The summed E-state index contributed by atoms with van der Waals surface area (Å²) in [6, 6.07) is 14.0. The van der Waals surface area contributed by atoms with Crippen molar-refractivity contribution in [2.75, 3.05) is 13.2 Å². The van der Waals surface area contributed by atoms with Crippen LogP contribution >= 0.6 is 0 Å². The Balaban J connectivity index is 1.40. The van der Waals surface area contributed by atoms with Crippen molar-refractivity contribution in [3.8, 4) is 5.75 Å². The van der Waals surface area contributed by atoms with Crippen LogP contribution in [0.2, 0.25) is 0 Å². The van der Waals surface area contributed by atoms with E-state index < -0.39 is 0 Å². The molecule has 0 saturated heterocycles. The first-order valence-electron chi connectivity index (χ1n) is 8.38. The van der Waals surface area contributed by atoms with Crippen LogP contribution in [-0.4, -0.2) is 24.0 Å². The molecule has 1 heterocycles. The number of hydrogen-bond acceptors (Lipinski definition) is 2. The minimum Gasteiger partial charge on any atom is -0.484 e. The van der Waals surface area contributed by atoms with E-state index in [2.05, 4.69) is 10.3 Å². The fourth-order valence-corrected chi connectivity index (χ4v) is 3.21. The summed E-state index contributed by atoms with van der Waals surface area (Å²) >= 11 is 0. The van der Waals surface area contributed by atoms with Crippen LogP contribution in [0.3, 0.4) is 0 Å². The molecule has 4 nitrogen and oxygen atoms in total. The van der Waals surface area contributed by atoms with E-state index in [9.17, 15) is 9.18 Å². The van der Waals surface area contributed by atoms with Gasteiger partial charge in [-0.05, 0) is 48.7 Å². The van der Waals surface area contributed by atoms with Crippen LogP contribution in [-0.2, 0) is 10.2 Å². The van der Waals surface area contributed by atoms with Gasteiger partial charge in [0.05, 0.1) is 0 Å². The highest BCUT2D eigenvalue weighted by atomic mass is 19.1. The highest BCUT2D eigenvalue weighted by Gasteiger charge is 2.45. The Bertz CT molecular complexity index is 900.